The number of nitrogens with zero attached hydrogens (tertiary/aromatic N) is 1. The summed E-state index contributed by atoms with van der Waals surface area (Å²) in [5.41, 5.74) is 3.54. The molecule has 2 aliphatic heterocycles. The van der Waals surface area contributed by atoms with E-state index in [0.717, 1.165) is 31.6 Å². The largest absolute Gasteiger partial charge is 0.387 e. The molecule has 1 N–H and O–H groups in total. The van der Waals surface area contributed by atoms with Gasteiger partial charge in [-0.1, -0.05) is 29.4 Å². The molecular weight excluding hydrogens is 200 g/mol. The van der Waals surface area contributed by atoms with E-state index in [1.807, 2.05) is 0 Å². The molecule has 84 valence electrons. The minimum absolute atomic E-state index is 0.0579. The van der Waals surface area contributed by atoms with E-state index in [9.17, 15) is 0 Å². The van der Waals surface area contributed by atoms with E-state index in [2.05, 4.69) is 41.7 Å². The lowest BCUT2D eigenvalue weighted by molar-refractivity contribution is -0.00190. The summed E-state index contributed by atoms with van der Waals surface area (Å²) in [5, 5.41) is 7.62. The molecule has 0 amide bonds. The Morgan fingerprint density at radius 3 is 3.00 bits per heavy atom. The van der Waals surface area contributed by atoms with Crippen LogP contribution in [0.5, 0.6) is 0 Å². The average molecular weight is 216 g/mol. The van der Waals surface area contributed by atoms with Crippen LogP contribution in [0.2, 0.25) is 0 Å². The maximum Gasteiger partial charge on any atom is 0.156 e. The highest BCUT2D eigenvalue weighted by Crippen LogP contribution is 2.32. The molecule has 1 fully saturated rings. The van der Waals surface area contributed by atoms with Crippen LogP contribution in [0.1, 0.15) is 24.0 Å². The molecule has 1 unspecified atom stereocenters. The lowest BCUT2D eigenvalue weighted by atomic mass is 9.92. The van der Waals surface area contributed by atoms with Gasteiger partial charge in [-0.15, -0.1) is 0 Å². The summed E-state index contributed by atoms with van der Waals surface area (Å²) in [4.78, 5) is 5.65. The summed E-state index contributed by atoms with van der Waals surface area (Å²) in [6, 6.07) is 8.36. The molecule has 1 atom stereocenters. The zero-order valence-corrected chi connectivity index (χ0v) is 9.49. The fourth-order valence-corrected chi connectivity index (χ4v) is 2.51. The van der Waals surface area contributed by atoms with E-state index >= 15 is 0 Å². The molecule has 1 spiro atoms. The van der Waals surface area contributed by atoms with E-state index in [-0.39, 0.29) is 5.60 Å². The molecule has 3 rings (SSSR count). The molecule has 16 heavy (non-hydrogen) atoms. The minimum atomic E-state index is -0.0579. The van der Waals surface area contributed by atoms with Crippen LogP contribution < -0.4 is 5.32 Å². The first kappa shape index (κ1) is 9.85. The number of oxime groups is 1. The highest BCUT2D eigenvalue weighted by molar-refractivity contribution is 6.02. The third-order valence-electron chi connectivity index (χ3n) is 3.50. The quantitative estimate of drug-likeness (QED) is 0.777. The van der Waals surface area contributed by atoms with Gasteiger partial charge in [0.05, 0.1) is 5.71 Å². The summed E-state index contributed by atoms with van der Waals surface area (Å²) < 4.78 is 0. The normalized spacial score (nSPS) is 28.2. The molecule has 2 aliphatic rings. The third kappa shape index (κ3) is 1.52. The number of hydrogen-bond acceptors (Lipinski definition) is 3. The smallest absolute Gasteiger partial charge is 0.156 e. The number of hydrogen-bond donors (Lipinski definition) is 1. The van der Waals surface area contributed by atoms with Gasteiger partial charge in [-0.05, 0) is 19.0 Å². The summed E-state index contributed by atoms with van der Waals surface area (Å²) in [7, 11) is 0. The van der Waals surface area contributed by atoms with Crippen molar-refractivity contribution in [1.82, 2.24) is 5.32 Å². The van der Waals surface area contributed by atoms with Gasteiger partial charge in [0, 0.05) is 24.9 Å². The highest BCUT2D eigenvalue weighted by Gasteiger charge is 2.42. The fraction of sp³-hybridized carbons (Fsp3) is 0.462. The van der Waals surface area contributed by atoms with Crippen molar-refractivity contribution in [3.05, 3.63) is 35.4 Å². The van der Waals surface area contributed by atoms with Crippen LogP contribution in [0.4, 0.5) is 0 Å². The van der Waals surface area contributed by atoms with Gasteiger partial charge in [0.15, 0.2) is 5.60 Å². The molecule has 0 aromatic heterocycles. The first-order valence-corrected chi connectivity index (χ1v) is 5.81. The molecule has 0 aliphatic carbocycles. The molecule has 0 radical (unpaired) electrons. The summed E-state index contributed by atoms with van der Waals surface area (Å²) in [6.07, 6.45) is 2.00. The Bertz CT molecular complexity index is 433. The van der Waals surface area contributed by atoms with Crippen molar-refractivity contribution in [2.24, 2.45) is 5.16 Å². The first-order valence-electron chi connectivity index (χ1n) is 5.81. The van der Waals surface area contributed by atoms with Crippen molar-refractivity contribution in [3.63, 3.8) is 0 Å². The van der Waals surface area contributed by atoms with Crippen LogP contribution in [-0.2, 0) is 4.84 Å². The lowest BCUT2D eigenvalue weighted by Crippen LogP contribution is -2.31. The van der Waals surface area contributed by atoms with Crippen molar-refractivity contribution in [2.75, 3.05) is 13.1 Å². The van der Waals surface area contributed by atoms with E-state index in [1.165, 1.54) is 11.1 Å². The first-order chi connectivity index (χ1) is 7.79. The molecule has 3 heteroatoms. The second kappa shape index (κ2) is 3.59. The zero-order valence-electron chi connectivity index (χ0n) is 9.49. The van der Waals surface area contributed by atoms with Crippen LogP contribution >= 0.6 is 0 Å². The fourth-order valence-electron chi connectivity index (χ4n) is 2.51. The Hall–Kier alpha value is -1.35. The van der Waals surface area contributed by atoms with Crippen LogP contribution in [0, 0.1) is 6.92 Å². The second-order valence-corrected chi connectivity index (χ2v) is 4.73. The Labute approximate surface area is 95.5 Å². The van der Waals surface area contributed by atoms with Gasteiger partial charge in [0.1, 0.15) is 0 Å². The molecule has 2 heterocycles. The Morgan fingerprint density at radius 2 is 2.25 bits per heavy atom. The van der Waals surface area contributed by atoms with Crippen molar-refractivity contribution >= 4 is 5.71 Å². The zero-order chi connectivity index (χ0) is 11.0. The molecule has 0 bridgehead atoms. The lowest BCUT2D eigenvalue weighted by Gasteiger charge is -2.18. The van der Waals surface area contributed by atoms with Crippen LogP contribution in [0.3, 0.4) is 0 Å². The minimum Gasteiger partial charge on any atom is -0.387 e. The van der Waals surface area contributed by atoms with Crippen molar-refractivity contribution in [1.29, 1.82) is 0 Å². The van der Waals surface area contributed by atoms with Gasteiger partial charge in [-0.2, -0.15) is 0 Å². The third-order valence-corrected chi connectivity index (χ3v) is 3.50. The predicted octanol–water partition coefficient (Wildman–Crippen LogP) is 1.85. The molecule has 1 aromatic carbocycles. The van der Waals surface area contributed by atoms with Crippen molar-refractivity contribution < 1.29 is 4.84 Å². The van der Waals surface area contributed by atoms with Gasteiger partial charge in [-0.25, -0.2) is 0 Å². The van der Waals surface area contributed by atoms with Gasteiger partial charge in [-0.3, -0.25) is 0 Å². The second-order valence-electron chi connectivity index (χ2n) is 4.73. The molecule has 1 aromatic rings. The maximum atomic E-state index is 5.65. The standard InChI is InChI=1S/C13H16N2O/c1-10-4-2-3-5-11(10)12-8-13(16-15-12)6-7-14-9-13/h2-5,14H,6-9H2,1H3. The maximum absolute atomic E-state index is 5.65. The predicted molar refractivity (Wildman–Crippen MR) is 63.6 cm³/mol. The number of rotatable bonds is 1. The Balaban J connectivity index is 1.86. The number of benzene rings is 1. The van der Waals surface area contributed by atoms with Gasteiger partial charge in [0.2, 0.25) is 0 Å². The topological polar surface area (TPSA) is 33.6 Å². The summed E-state index contributed by atoms with van der Waals surface area (Å²) in [6.45, 7) is 4.08. The Morgan fingerprint density at radius 1 is 1.38 bits per heavy atom. The highest BCUT2D eigenvalue weighted by atomic mass is 16.7. The van der Waals surface area contributed by atoms with Gasteiger partial charge >= 0.3 is 0 Å². The number of aryl methyl sites for hydroxylation is 1. The van der Waals surface area contributed by atoms with Crippen LogP contribution in [0.15, 0.2) is 29.4 Å². The molecule has 1 saturated heterocycles. The van der Waals surface area contributed by atoms with Gasteiger partial charge in [0.25, 0.3) is 0 Å². The molecule has 0 saturated carbocycles. The van der Waals surface area contributed by atoms with Crippen LogP contribution in [-0.4, -0.2) is 24.4 Å². The van der Waals surface area contributed by atoms with Gasteiger partial charge < -0.3 is 10.2 Å². The van der Waals surface area contributed by atoms with E-state index in [4.69, 9.17) is 4.84 Å². The molecular formula is C13H16N2O. The average Bonchev–Trinajstić information content (AvgIpc) is 2.91. The van der Waals surface area contributed by atoms with E-state index < -0.39 is 0 Å². The SMILES string of the molecule is Cc1ccccc1C1=NOC2(CCNC2)C1. The summed E-state index contributed by atoms with van der Waals surface area (Å²) >= 11 is 0. The van der Waals surface area contributed by atoms with Crippen LogP contribution in [0.25, 0.3) is 0 Å². The van der Waals surface area contributed by atoms with E-state index in [0.29, 0.717) is 0 Å². The number of nitrogens with one attached hydrogen (secondary N) is 1. The monoisotopic (exact) mass is 216 g/mol. The van der Waals surface area contributed by atoms with Crippen molar-refractivity contribution in [2.45, 2.75) is 25.4 Å². The van der Waals surface area contributed by atoms with E-state index in [1.54, 1.807) is 0 Å². The van der Waals surface area contributed by atoms with Crippen molar-refractivity contribution in [3.8, 4) is 0 Å². The summed E-state index contributed by atoms with van der Waals surface area (Å²) in [5.74, 6) is 0. The molecule has 3 nitrogen and oxygen atoms in total. The Kier molecular flexibility index (Phi) is 2.21.